The van der Waals surface area contributed by atoms with Crippen LogP contribution in [0.2, 0.25) is 0 Å². The Labute approximate surface area is 388 Å². The van der Waals surface area contributed by atoms with Gasteiger partial charge in [-0.1, -0.05) is 18.2 Å². The minimum absolute atomic E-state index is 0.286. The van der Waals surface area contributed by atoms with E-state index >= 15 is 0 Å². The van der Waals surface area contributed by atoms with Crippen molar-refractivity contribution in [3.8, 4) is 69.0 Å². The SMILES string of the molecule is COC1=C(c2c(OC)cccc2P(c2cc(OC)c(OC)c(OC)c2)c2cc(OC)c(OC)c(OC)c2)[C@@H](P(c2cc(OC)c(C=O)c(OC)c2)c2cc(OC)c(OC)c(OC)c2)CC=C1. The zero-order valence-electron chi connectivity index (χ0n) is 39.5. The van der Waals surface area contributed by atoms with E-state index in [-0.39, 0.29) is 11.2 Å². The lowest BCUT2D eigenvalue weighted by Gasteiger charge is -2.36. The lowest BCUT2D eigenvalue weighted by Crippen LogP contribution is -2.30. The van der Waals surface area contributed by atoms with Gasteiger partial charge in [0.2, 0.25) is 17.2 Å². The molecule has 0 heterocycles. The Morgan fingerprint density at radius 3 is 1.18 bits per heavy atom. The third-order valence-electron chi connectivity index (χ3n) is 11.2. The fourth-order valence-corrected chi connectivity index (χ4v) is 13.7. The van der Waals surface area contributed by atoms with Crippen molar-refractivity contribution in [2.45, 2.75) is 12.1 Å². The Hall–Kier alpha value is -6.49. The van der Waals surface area contributed by atoms with Gasteiger partial charge in [0.1, 0.15) is 23.0 Å². The number of carbonyl (C=O) groups is 1. The summed E-state index contributed by atoms with van der Waals surface area (Å²) in [6.07, 6.45) is 5.37. The van der Waals surface area contributed by atoms with Crippen molar-refractivity contribution in [1.82, 2.24) is 0 Å². The van der Waals surface area contributed by atoms with Crippen LogP contribution >= 0.6 is 15.8 Å². The van der Waals surface area contributed by atoms with Crippen molar-refractivity contribution in [3.63, 3.8) is 0 Å². The predicted molar refractivity (Wildman–Crippen MR) is 260 cm³/mol. The van der Waals surface area contributed by atoms with Gasteiger partial charge >= 0.3 is 0 Å². The van der Waals surface area contributed by atoms with Crippen LogP contribution in [0.3, 0.4) is 0 Å². The molecule has 5 aromatic rings. The average molecular weight is 943 g/mol. The summed E-state index contributed by atoms with van der Waals surface area (Å²) >= 11 is 0. The Bertz CT molecular complexity index is 2440. The van der Waals surface area contributed by atoms with E-state index < -0.39 is 15.8 Å². The molecule has 1 unspecified atom stereocenters. The summed E-state index contributed by atoms with van der Waals surface area (Å²) in [5.74, 6) is 6.07. The van der Waals surface area contributed by atoms with Crippen LogP contribution in [0.25, 0.3) is 5.57 Å². The van der Waals surface area contributed by atoms with E-state index in [4.69, 9.17) is 61.6 Å². The second-order valence-corrected chi connectivity index (χ2v) is 18.8. The van der Waals surface area contributed by atoms with E-state index in [1.54, 1.807) is 78.2 Å². The summed E-state index contributed by atoms with van der Waals surface area (Å²) in [5.41, 5.74) is 1.60. The van der Waals surface area contributed by atoms with Gasteiger partial charge in [-0.25, -0.2) is 0 Å². The molecule has 6 rings (SSSR count). The van der Waals surface area contributed by atoms with Crippen LogP contribution in [0.15, 0.2) is 84.6 Å². The molecule has 0 amide bonds. The minimum Gasteiger partial charge on any atom is -0.496 e. The molecule has 5 aromatic carbocycles. The fraction of sp³-hybridized carbons (Fsp3) is 0.300. The number of hydrogen-bond donors (Lipinski definition) is 0. The smallest absolute Gasteiger partial charge is 0.203 e. The number of ether oxygens (including phenoxy) is 13. The molecule has 1 aliphatic carbocycles. The molecule has 16 heteroatoms. The maximum Gasteiger partial charge on any atom is 0.203 e. The van der Waals surface area contributed by atoms with Gasteiger partial charge in [0.05, 0.1) is 98.0 Å². The van der Waals surface area contributed by atoms with Gasteiger partial charge in [0.25, 0.3) is 0 Å². The Morgan fingerprint density at radius 2 is 0.833 bits per heavy atom. The van der Waals surface area contributed by atoms with Gasteiger partial charge < -0.3 is 61.6 Å². The first-order chi connectivity index (χ1) is 32.1. The second-order valence-electron chi connectivity index (χ2n) is 14.2. The van der Waals surface area contributed by atoms with E-state index in [1.165, 1.54) is 14.2 Å². The molecule has 1 aliphatic rings. The summed E-state index contributed by atoms with van der Waals surface area (Å²) in [6, 6.07) is 21.6. The highest BCUT2D eigenvalue weighted by atomic mass is 31.1. The molecule has 2 atom stereocenters. The number of rotatable bonds is 21. The highest BCUT2D eigenvalue weighted by Crippen LogP contribution is 2.56. The van der Waals surface area contributed by atoms with Crippen molar-refractivity contribution >= 4 is 54.2 Å². The van der Waals surface area contributed by atoms with Crippen LogP contribution in [-0.4, -0.2) is 104 Å². The zero-order chi connectivity index (χ0) is 47.7. The molecular formula is C50H56O14P2. The highest BCUT2D eigenvalue weighted by Gasteiger charge is 2.38. The van der Waals surface area contributed by atoms with E-state index in [1.807, 2.05) is 66.7 Å². The van der Waals surface area contributed by atoms with E-state index in [2.05, 4.69) is 12.1 Å². The monoisotopic (exact) mass is 942 g/mol. The van der Waals surface area contributed by atoms with Gasteiger partial charge in [-0.05, 0) is 109 Å². The molecular weight excluding hydrogens is 886 g/mol. The van der Waals surface area contributed by atoms with Gasteiger partial charge in [0, 0.05) is 16.8 Å². The first-order valence-electron chi connectivity index (χ1n) is 20.5. The van der Waals surface area contributed by atoms with Gasteiger partial charge in [-0.3, -0.25) is 4.79 Å². The van der Waals surface area contributed by atoms with Crippen molar-refractivity contribution in [2.75, 3.05) is 92.4 Å². The van der Waals surface area contributed by atoms with Crippen LogP contribution in [0.1, 0.15) is 22.3 Å². The first-order valence-corrected chi connectivity index (χ1v) is 23.2. The predicted octanol–water partition coefficient (Wildman–Crippen LogP) is 7.18. The maximum absolute atomic E-state index is 12.5. The van der Waals surface area contributed by atoms with Gasteiger partial charge in [-0.15, -0.1) is 0 Å². The molecule has 0 N–H and O–H groups in total. The molecule has 0 spiro atoms. The van der Waals surface area contributed by atoms with E-state index in [9.17, 15) is 4.79 Å². The molecule has 0 aliphatic heterocycles. The van der Waals surface area contributed by atoms with Crippen LogP contribution in [0.5, 0.6) is 69.0 Å². The Kier molecular flexibility index (Phi) is 16.4. The Balaban J connectivity index is 1.79. The molecule has 0 saturated heterocycles. The third kappa shape index (κ3) is 9.17. The van der Waals surface area contributed by atoms with E-state index in [0.717, 1.165) is 43.9 Å². The van der Waals surface area contributed by atoms with Gasteiger partial charge in [0.15, 0.2) is 40.8 Å². The quantitative estimate of drug-likeness (QED) is 0.0543. The second kappa shape index (κ2) is 22.1. The third-order valence-corrected chi connectivity index (χ3v) is 16.3. The topological polar surface area (TPSA) is 137 Å². The molecule has 0 bridgehead atoms. The van der Waals surface area contributed by atoms with E-state index in [0.29, 0.717) is 81.2 Å². The normalized spacial score (nSPS) is 13.6. The van der Waals surface area contributed by atoms with Crippen LogP contribution < -0.4 is 83.4 Å². The van der Waals surface area contributed by atoms with Gasteiger partial charge in [-0.2, -0.15) is 0 Å². The maximum atomic E-state index is 12.5. The molecule has 0 saturated carbocycles. The molecule has 0 aromatic heterocycles. The van der Waals surface area contributed by atoms with Crippen LogP contribution in [0, 0.1) is 0 Å². The summed E-state index contributed by atoms with van der Waals surface area (Å²) in [6.45, 7) is 0. The molecule has 66 heavy (non-hydrogen) atoms. The molecule has 0 radical (unpaired) electrons. The zero-order valence-corrected chi connectivity index (χ0v) is 41.3. The van der Waals surface area contributed by atoms with Crippen molar-refractivity contribution in [3.05, 3.63) is 95.8 Å². The number of methoxy groups -OCH3 is 13. The number of aldehydes is 1. The summed E-state index contributed by atoms with van der Waals surface area (Å²) < 4.78 is 77.6. The van der Waals surface area contributed by atoms with Crippen LogP contribution in [-0.2, 0) is 4.74 Å². The summed E-state index contributed by atoms with van der Waals surface area (Å²) in [5, 5.41) is 4.28. The minimum atomic E-state index is -1.60. The Morgan fingerprint density at radius 1 is 0.455 bits per heavy atom. The first kappa shape index (κ1) is 49.0. The number of benzene rings is 5. The lowest BCUT2D eigenvalue weighted by atomic mass is 9.94. The van der Waals surface area contributed by atoms with Crippen molar-refractivity contribution in [2.24, 2.45) is 0 Å². The molecule has 350 valence electrons. The number of allylic oxidation sites excluding steroid dienone is 3. The molecule has 0 fully saturated rings. The number of carbonyl (C=O) groups excluding carboxylic acids is 1. The molecule has 14 nitrogen and oxygen atoms in total. The lowest BCUT2D eigenvalue weighted by molar-refractivity contribution is 0.111. The largest absolute Gasteiger partial charge is 0.496 e. The summed E-state index contributed by atoms with van der Waals surface area (Å²) in [4.78, 5) is 12.5. The standard InChI is InChI=1S/C50H56O14P2/c1-52-34-16-14-18-44(65(29-20-36(54-3)33(28-51)37(21-29)55-4)30-22-38(56-5)48(62-11)39(23-30)57-6)46(34)47-35(53-2)17-15-19-45(47)66(31-24-40(58-7)49(63-12)41(25-31)59-8)32-26-42(60-9)50(64-13)43(27-32)61-10/h14-17,19-28,44H,18H2,1-13H3/t44-,65?/m0/s1. The van der Waals surface area contributed by atoms with Crippen LogP contribution in [0.4, 0.5) is 0 Å². The highest BCUT2D eigenvalue weighted by molar-refractivity contribution is 7.80. The average Bonchev–Trinajstić information content (AvgIpc) is 3.36. The fourth-order valence-electron chi connectivity index (χ4n) is 8.24. The van der Waals surface area contributed by atoms with Crippen molar-refractivity contribution < 1.29 is 66.4 Å². The number of hydrogen-bond acceptors (Lipinski definition) is 14. The van der Waals surface area contributed by atoms with Crippen molar-refractivity contribution in [1.29, 1.82) is 0 Å². The summed E-state index contributed by atoms with van der Waals surface area (Å²) in [7, 11) is 17.5.